The van der Waals surface area contributed by atoms with Crippen LogP contribution in [0.4, 0.5) is 0 Å². The maximum absolute atomic E-state index is 13.0. The second kappa shape index (κ2) is 5.30. The van der Waals surface area contributed by atoms with Gasteiger partial charge in [0.15, 0.2) is 5.78 Å². The van der Waals surface area contributed by atoms with Crippen LogP contribution in [0.15, 0.2) is 30.3 Å². The van der Waals surface area contributed by atoms with Crippen LogP contribution in [0.5, 0.6) is 0 Å². The molecular formula is C21H22N2O3. The van der Waals surface area contributed by atoms with Crippen molar-refractivity contribution < 1.29 is 14.3 Å². The van der Waals surface area contributed by atoms with Crippen LogP contribution in [0.2, 0.25) is 0 Å². The molecule has 26 heavy (non-hydrogen) atoms. The fourth-order valence-corrected chi connectivity index (χ4v) is 5.41. The van der Waals surface area contributed by atoms with Crippen LogP contribution in [0, 0.1) is 5.41 Å². The summed E-state index contributed by atoms with van der Waals surface area (Å²) in [6.45, 7) is 3.58. The zero-order valence-corrected chi connectivity index (χ0v) is 15.1. The number of carbonyl (C=O) groups is 2. The summed E-state index contributed by atoms with van der Waals surface area (Å²) in [5, 5.41) is 0.944. The van der Waals surface area contributed by atoms with Gasteiger partial charge in [-0.3, -0.25) is 9.69 Å². The maximum Gasteiger partial charge on any atom is 0.354 e. The van der Waals surface area contributed by atoms with Gasteiger partial charge in [-0.25, -0.2) is 4.79 Å². The highest BCUT2D eigenvalue weighted by atomic mass is 16.5. The minimum atomic E-state index is -0.338. The van der Waals surface area contributed by atoms with Crippen molar-refractivity contribution in [2.45, 2.75) is 32.2 Å². The van der Waals surface area contributed by atoms with E-state index >= 15 is 0 Å². The molecule has 1 fully saturated rings. The Hall–Kier alpha value is -2.40. The summed E-state index contributed by atoms with van der Waals surface area (Å²) < 4.78 is 7.11. The molecule has 5 rings (SSSR count). The van der Waals surface area contributed by atoms with E-state index in [1.54, 1.807) is 0 Å². The van der Waals surface area contributed by atoms with E-state index in [0.29, 0.717) is 12.2 Å². The molecule has 1 aromatic carbocycles. The molecule has 2 atom stereocenters. The molecule has 0 aliphatic carbocycles. The Labute approximate surface area is 152 Å². The summed E-state index contributed by atoms with van der Waals surface area (Å²) in [7, 11) is 1.42. The lowest BCUT2D eigenvalue weighted by atomic mass is 9.66. The first kappa shape index (κ1) is 15.8. The smallest absolute Gasteiger partial charge is 0.354 e. The van der Waals surface area contributed by atoms with Gasteiger partial charge in [0.1, 0.15) is 5.70 Å². The Kier molecular flexibility index (Phi) is 3.23. The number of nitrogens with zero attached hydrogens (tertiary/aromatic N) is 2. The average molecular weight is 350 g/mol. The summed E-state index contributed by atoms with van der Waals surface area (Å²) in [4.78, 5) is 28.1. The third-order valence-electron chi connectivity index (χ3n) is 6.51. The van der Waals surface area contributed by atoms with Crippen LogP contribution in [-0.4, -0.2) is 41.4 Å². The number of hydrogen-bond donors (Lipinski definition) is 0. The SMILES string of the molecule is CC[C@@]12C=C(C(=O)OC)n3c4c(c5ccccc53)C(=O)CN(CCC1)[C@H]42. The summed E-state index contributed by atoms with van der Waals surface area (Å²) in [5.74, 6) is -0.181. The number of piperidine rings is 1. The zero-order chi connectivity index (χ0) is 18.1. The van der Waals surface area contributed by atoms with E-state index in [4.69, 9.17) is 4.74 Å². The van der Waals surface area contributed by atoms with Gasteiger partial charge in [0.2, 0.25) is 0 Å². The number of Topliss-reactive ketones (excluding diaryl/α,β-unsaturated/α-hetero) is 1. The lowest BCUT2D eigenvalue weighted by Gasteiger charge is -2.52. The minimum absolute atomic E-state index is 0.123. The number of rotatable bonds is 2. The second-order valence-corrected chi connectivity index (χ2v) is 7.62. The van der Waals surface area contributed by atoms with E-state index in [9.17, 15) is 9.59 Å². The molecule has 3 aliphatic heterocycles. The number of aromatic nitrogens is 1. The van der Waals surface area contributed by atoms with Gasteiger partial charge in [0, 0.05) is 16.4 Å². The van der Waals surface area contributed by atoms with Crippen molar-refractivity contribution in [3.05, 3.63) is 41.6 Å². The van der Waals surface area contributed by atoms with E-state index in [1.165, 1.54) is 7.11 Å². The minimum Gasteiger partial charge on any atom is -0.464 e. The van der Waals surface area contributed by atoms with Gasteiger partial charge in [-0.05, 0) is 37.9 Å². The van der Waals surface area contributed by atoms with Crippen LogP contribution >= 0.6 is 0 Å². The predicted molar refractivity (Wildman–Crippen MR) is 98.8 cm³/mol. The van der Waals surface area contributed by atoms with Crippen molar-refractivity contribution in [3.63, 3.8) is 0 Å². The van der Waals surface area contributed by atoms with E-state index in [1.807, 2.05) is 28.8 Å². The van der Waals surface area contributed by atoms with Crippen LogP contribution in [-0.2, 0) is 9.53 Å². The molecule has 0 spiro atoms. The van der Waals surface area contributed by atoms with Gasteiger partial charge < -0.3 is 9.30 Å². The van der Waals surface area contributed by atoms with Crippen molar-refractivity contribution >= 4 is 28.4 Å². The number of ether oxygens (including phenoxy) is 1. The molecule has 3 aliphatic rings. The molecule has 0 bridgehead atoms. The van der Waals surface area contributed by atoms with Crippen LogP contribution in [0.3, 0.4) is 0 Å². The Morgan fingerprint density at radius 1 is 1.35 bits per heavy atom. The van der Waals surface area contributed by atoms with E-state index in [-0.39, 0.29) is 23.2 Å². The Bertz CT molecular complexity index is 987. The van der Waals surface area contributed by atoms with Gasteiger partial charge in [-0.2, -0.15) is 0 Å². The summed E-state index contributed by atoms with van der Waals surface area (Å²) in [6.07, 6.45) is 5.14. The standard InChI is InChI=1S/C21H22N2O3/c1-3-21-9-6-10-22-12-16(24)17-13-7-4-5-8-14(13)23(18(17)19(21)22)15(11-21)20(25)26-2/h4-5,7-8,11,19H,3,6,9-10,12H2,1-2H3/t19-,21+/m1/s1. The molecule has 134 valence electrons. The number of para-hydroxylation sites is 1. The lowest BCUT2D eigenvalue weighted by Crippen LogP contribution is -2.52. The quantitative estimate of drug-likeness (QED) is 0.779. The van der Waals surface area contributed by atoms with Crippen molar-refractivity contribution in [1.82, 2.24) is 9.47 Å². The Morgan fingerprint density at radius 3 is 2.92 bits per heavy atom. The molecule has 2 aromatic rings. The fourth-order valence-electron chi connectivity index (χ4n) is 5.41. The largest absolute Gasteiger partial charge is 0.464 e. The maximum atomic E-state index is 13.0. The third-order valence-corrected chi connectivity index (χ3v) is 6.51. The first-order chi connectivity index (χ1) is 12.6. The monoisotopic (exact) mass is 350 g/mol. The van der Waals surface area contributed by atoms with E-state index < -0.39 is 0 Å². The summed E-state index contributed by atoms with van der Waals surface area (Å²) in [5.41, 5.74) is 3.14. The number of carbonyl (C=O) groups excluding carboxylic acids is 2. The molecule has 1 saturated heterocycles. The molecule has 0 amide bonds. The number of hydrogen-bond acceptors (Lipinski definition) is 4. The number of fused-ring (bicyclic) bond motifs is 3. The Balaban J connectivity index is 1.93. The fraction of sp³-hybridized carbons (Fsp3) is 0.429. The molecule has 0 unspecified atom stereocenters. The van der Waals surface area contributed by atoms with E-state index in [0.717, 1.165) is 48.0 Å². The second-order valence-electron chi connectivity index (χ2n) is 7.62. The van der Waals surface area contributed by atoms with Crippen LogP contribution in [0.25, 0.3) is 16.6 Å². The van der Waals surface area contributed by atoms with Gasteiger partial charge >= 0.3 is 5.97 Å². The average Bonchev–Trinajstić information content (AvgIpc) is 3.02. The van der Waals surface area contributed by atoms with Crippen LogP contribution < -0.4 is 0 Å². The van der Waals surface area contributed by atoms with Crippen LogP contribution in [0.1, 0.15) is 48.3 Å². The molecule has 5 heteroatoms. The molecule has 5 nitrogen and oxygen atoms in total. The number of methoxy groups -OCH3 is 1. The zero-order valence-electron chi connectivity index (χ0n) is 15.1. The van der Waals surface area contributed by atoms with Crippen molar-refractivity contribution in [2.24, 2.45) is 5.41 Å². The van der Waals surface area contributed by atoms with Crippen molar-refractivity contribution in [3.8, 4) is 0 Å². The highest BCUT2D eigenvalue weighted by Crippen LogP contribution is 2.56. The predicted octanol–water partition coefficient (Wildman–Crippen LogP) is 3.40. The topological polar surface area (TPSA) is 51.5 Å². The van der Waals surface area contributed by atoms with Gasteiger partial charge in [-0.15, -0.1) is 0 Å². The van der Waals surface area contributed by atoms with Crippen molar-refractivity contribution in [2.75, 3.05) is 20.2 Å². The third kappa shape index (κ3) is 1.79. The lowest BCUT2D eigenvalue weighted by molar-refractivity contribution is -0.134. The first-order valence-corrected chi connectivity index (χ1v) is 9.33. The number of benzene rings is 1. The highest BCUT2D eigenvalue weighted by Gasteiger charge is 2.52. The molecular weight excluding hydrogens is 328 g/mol. The van der Waals surface area contributed by atoms with Crippen molar-refractivity contribution in [1.29, 1.82) is 0 Å². The number of ketones is 1. The van der Waals surface area contributed by atoms with Gasteiger partial charge in [0.25, 0.3) is 0 Å². The van der Waals surface area contributed by atoms with Gasteiger partial charge in [-0.1, -0.05) is 25.1 Å². The summed E-state index contributed by atoms with van der Waals surface area (Å²) >= 11 is 0. The van der Waals surface area contributed by atoms with Gasteiger partial charge in [0.05, 0.1) is 30.9 Å². The Morgan fingerprint density at radius 2 is 2.15 bits per heavy atom. The molecule has 0 radical (unpaired) electrons. The first-order valence-electron chi connectivity index (χ1n) is 9.33. The molecule has 0 N–H and O–H groups in total. The van der Waals surface area contributed by atoms with E-state index in [2.05, 4.69) is 17.9 Å². The highest BCUT2D eigenvalue weighted by molar-refractivity contribution is 6.18. The molecule has 4 heterocycles. The molecule has 0 saturated carbocycles. The summed E-state index contributed by atoms with van der Waals surface area (Å²) in [6, 6.07) is 8.05. The molecule has 1 aromatic heterocycles. The normalized spacial score (nSPS) is 27.2. The number of esters is 1.